The number of rotatable bonds is 2. The van der Waals surface area contributed by atoms with Crippen molar-refractivity contribution in [2.24, 2.45) is 11.7 Å². The van der Waals surface area contributed by atoms with Crippen LogP contribution in [0, 0.1) is 5.92 Å². The molecule has 3 heteroatoms. The molecule has 1 heterocycles. The van der Waals surface area contributed by atoms with E-state index in [9.17, 15) is 5.11 Å². The van der Waals surface area contributed by atoms with Gasteiger partial charge in [-0.25, -0.2) is 0 Å². The fourth-order valence-corrected chi connectivity index (χ4v) is 1.44. The Bertz CT molecular complexity index is 121. The zero-order chi connectivity index (χ0) is 8.32. The van der Waals surface area contributed by atoms with Gasteiger partial charge in [-0.05, 0) is 25.3 Å². The topological polar surface area (TPSA) is 55.5 Å². The van der Waals surface area contributed by atoms with Gasteiger partial charge in [-0.2, -0.15) is 0 Å². The minimum absolute atomic E-state index is 0.186. The highest BCUT2D eigenvalue weighted by Gasteiger charge is 2.34. The maximum atomic E-state index is 9.98. The van der Waals surface area contributed by atoms with Crippen LogP contribution in [-0.4, -0.2) is 30.5 Å². The van der Waals surface area contributed by atoms with Crippen LogP contribution >= 0.6 is 0 Å². The smallest absolute Gasteiger partial charge is 0.0729 e. The lowest BCUT2D eigenvalue weighted by molar-refractivity contribution is -0.0927. The van der Waals surface area contributed by atoms with Crippen LogP contribution in [0.4, 0.5) is 0 Å². The first kappa shape index (κ1) is 8.97. The van der Waals surface area contributed by atoms with E-state index in [-0.39, 0.29) is 5.92 Å². The Hall–Kier alpha value is -0.120. The van der Waals surface area contributed by atoms with Crippen LogP contribution in [0.3, 0.4) is 0 Å². The van der Waals surface area contributed by atoms with Gasteiger partial charge in [-0.15, -0.1) is 0 Å². The van der Waals surface area contributed by atoms with E-state index in [0.717, 1.165) is 12.8 Å². The van der Waals surface area contributed by atoms with E-state index < -0.39 is 5.60 Å². The normalized spacial score (nSPS) is 26.5. The third-order valence-corrected chi connectivity index (χ3v) is 2.63. The lowest BCUT2D eigenvalue weighted by Crippen LogP contribution is -2.44. The first-order chi connectivity index (χ1) is 5.19. The molecule has 1 saturated heterocycles. The van der Waals surface area contributed by atoms with Crippen molar-refractivity contribution in [1.82, 2.24) is 0 Å². The molecule has 0 aromatic heterocycles. The van der Waals surface area contributed by atoms with Crippen molar-refractivity contribution in [3.63, 3.8) is 0 Å². The second-order valence-electron chi connectivity index (χ2n) is 3.35. The molecule has 1 aliphatic rings. The molecule has 0 aromatic carbocycles. The van der Waals surface area contributed by atoms with Gasteiger partial charge in [0.25, 0.3) is 0 Å². The van der Waals surface area contributed by atoms with Gasteiger partial charge >= 0.3 is 0 Å². The fraction of sp³-hybridized carbons (Fsp3) is 1.00. The first-order valence-corrected chi connectivity index (χ1v) is 4.19. The summed E-state index contributed by atoms with van der Waals surface area (Å²) in [6, 6.07) is 0. The number of nitrogens with two attached hydrogens (primary N) is 1. The Labute approximate surface area is 67.5 Å². The van der Waals surface area contributed by atoms with E-state index in [1.807, 2.05) is 6.92 Å². The zero-order valence-electron chi connectivity index (χ0n) is 7.05. The molecule has 11 heavy (non-hydrogen) atoms. The van der Waals surface area contributed by atoms with Crippen molar-refractivity contribution in [2.75, 3.05) is 19.8 Å². The highest BCUT2D eigenvalue weighted by atomic mass is 16.5. The Morgan fingerprint density at radius 2 is 2.09 bits per heavy atom. The lowest BCUT2D eigenvalue weighted by atomic mass is 9.82. The average molecular weight is 159 g/mol. The van der Waals surface area contributed by atoms with Crippen molar-refractivity contribution < 1.29 is 9.84 Å². The van der Waals surface area contributed by atoms with Crippen molar-refractivity contribution in [3.8, 4) is 0 Å². The molecule has 1 unspecified atom stereocenters. The fourth-order valence-electron chi connectivity index (χ4n) is 1.44. The Morgan fingerprint density at radius 3 is 2.55 bits per heavy atom. The molecule has 3 nitrogen and oxygen atoms in total. The molecule has 3 N–H and O–H groups in total. The van der Waals surface area contributed by atoms with Gasteiger partial charge in [-0.1, -0.05) is 6.92 Å². The molecule has 0 aromatic rings. The number of ether oxygens (including phenoxy) is 1. The summed E-state index contributed by atoms with van der Waals surface area (Å²) in [6.07, 6.45) is 1.46. The maximum Gasteiger partial charge on any atom is 0.0729 e. The Kier molecular flexibility index (Phi) is 2.87. The summed E-state index contributed by atoms with van der Waals surface area (Å²) >= 11 is 0. The molecule has 1 rings (SSSR count). The van der Waals surface area contributed by atoms with E-state index in [0.29, 0.717) is 19.8 Å². The third kappa shape index (κ3) is 1.92. The molecular formula is C8H17NO2. The van der Waals surface area contributed by atoms with Crippen LogP contribution in [0.1, 0.15) is 19.8 Å². The van der Waals surface area contributed by atoms with Crippen molar-refractivity contribution in [3.05, 3.63) is 0 Å². The quantitative estimate of drug-likeness (QED) is 0.602. The number of hydrogen-bond acceptors (Lipinski definition) is 3. The van der Waals surface area contributed by atoms with Crippen molar-refractivity contribution in [2.45, 2.75) is 25.4 Å². The first-order valence-electron chi connectivity index (χ1n) is 4.19. The average Bonchev–Trinajstić information content (AvgIpc) is 2.04. The van der Waals surface area contributed by atoms with E-state index in [1.165, 1.54) is 0 Å². The molecule has 1 aliphatic heterocycles. The van der Waals surface area contributed by atoms with E-state index >= 15 is 0 Å². The predicted octanol–water partition coefficient (Wildman–Crippen LogP) is 0.123. The van der Waals surface area contributed by atoms with Crippen LogP contribution in [0.25, 0.3) is 0 Å². The summed E-state index contributed by atoms with van der Waals surface area (Å²) in [5.74, 6) is 0.186. The van der Waals surface area contributed by atoms with Gasteiger partial charge in [-0.3, -0.25) is 0 Å². The molecule has 0 amide bonds. The minimum Gasteiger partial charge on any atom is -0.389 e. The Balaban J connectivity index is 2.49. The molecule has 0 saturated carbocycles. The van der Waals surface area contributed by atoms with Gasteiger partial charge in [0.1, 0.15) is 0 Å². The minimum atomic E-state index is -0.562. The number of aliphatic hydroxyl groups is 1. The third-order valence-electron chi connectivity index (χ3n) is 2.63. The van der Waals surface area contributed by atoms with Gasteiger partial charge in [0.2, 0.25) is 0 Å². The van der Waals surface area contributed by atoms with Crippen molar-refractivity contribution in [1.29, 1.82) is 0 Å². The molecule has 0 aliphatic carbocycles. The number of hydrogen-bond donors (Lipinski definition) is 2. The molecule has 1 atom stereocenters. The van der Waals surface area contributed by atoms with Crippen LogP contribution in [0.2, 0.25) is 0 Å². The SMILES string of the molecule is CC(CN)C1(O)CCOCC1. The monoisotopic (exact) mass is 159 g/mol. The molecule has 1 fully saturated rings. The van der Waals surface area contributed by atoms with Gasteiger partial charge in [0.15, 0.2) is 0 Å². The van der Waals surface area contributed by atoms with Gasteiger partial charge in [0.05, 0.1) is 5.60 Å². The standard InChI is InChI=1S/C8H17NO2/c1-7(6-9)8(10)2-4-11-5-3-8/h7,10H,2-6,9H2,1H3. The van der Waals surface area contributed by atoms with Crippen LogP contribution in [-0.2, 0) is 4.74 Å². The highest BCUT2D eigenvalue weighted by molar-refractivity contribution is 4.86. The predicted molar refractivity (Wildman–Crippen MR) is 43.2 cm³/mol. The summed E-state index contributed by atoms with van der Waals surface area (Å²) < 4.78 is 5.16. The van der Waals surface area contributed by atoms with Crippen molar-refractivity contribution >= 4 is 0 Å². The lowest BCUT2D eigenvalue weighted by Gasteiger charge is -2.36. The van der Waals surface area contributed by atoms with E-state index in [4.69, 9.17) is 10.5 Å². The van der Waals surface area contributed by atoms with Crippen LogP contribution in [0.15, 0.2) is 0 Å². The van der Waals surface area contributed by atoms with Crippen LogP contribution in [0.5, 0.6) is 0 Å². The van der Waals surface area contributed by atoms with E-state index in [2.05, 4.69) is 0 Å². The second kappa shape index (κ2) is 3.52. The van der Waals surface area contributed by atoms with Gasteiger partial charge < -0.3 is 15.6 Å². The van der Waals surface area contributed by atoms with Crippen LogP contribution < -0.4 is 5.73 Å². The molecule has 66 valence electrons. The van der Waals surface area contributed by atoms with E-state index in [1.54, 1.807) is 0 Å². The molecule has 0 bridgehead atoms. The summed E-state index contributed by atoms with van der Waals surface area (Å²) in [6.45, 7) is 3.88. The summed E-state index contributed by atoms with van der Waals surface area (Å²) in [4.78, 5) is 0. The molecule has 0 radical (unpaired) electrons. The molecule has 0 spiro atoms. The summed E-state index contributed by atoms with van der Waals surface area (Å²) in [5.41, 5.74) is 4.92. The summed E-state index contributed by atoms with van der Waals surface area (Å²) in [7, 11) is 0. The zero-order valence-corrected chi connectivity index (χ0v) is 7.05. The van der Waals surface area contributed by atoms with Gasteiger partial charge in [0, 0.05) is 13.2 Å². The highest BCUT2D eigenvalue weighted by Crippen LogP contribution is 2.27. The molecular weight excluding hydrogens is 142 g/mol. The maximum absolute atomic E-state index is 9.98. The Morgan fingerprint density at radius 1 is 1.55 bits per heavy atom. The summed E-state index contributed by atoms with van der Waals surface area (Å²) in [5, 5.41) is 9.98. The second-order valence-corrected chi connectivity index (χ2v) is 3.35. The largest absolute Gasteiger partial charge is 0.389 e.